The van der Waals surface area contributed by atoms with E-state index in [1.54, 1.807) is 0 Å². The van der Waals surface area contributed by atoms with Crippen LogP contribution in [0.1, 0.15) is 4.88 Å². The molecule has 3 N–H and O–H groups in total. The Labute approximate surface area is 117 Å². The van der Waals surface area contributed by atoms with Crippen LogP contribution < -0.4 is 10.5 Å². The van der Waals surface area contributed by atoms with E-state index in [0.717, 1.165) is 9.35 Å². The van der Waals surface area contributed by atoms with E-state index in [1.165, 1.54) is 29.8 Å². The number of sulfonamides is 1. The number of nitrogen functional groups attached to an aromatic ring is 1. The Kier molecular flexibility index (Phi) is 4.00. The zero-order chi connectivity index (χ0) is 13.2. The van der Waals surface area contributed by atoms with Crippen LogP contribution in [0.25, 0.3) is 0 Å². The van der Waals surface area contributed by atoms with Gasteiger partial charge in [-0.25, -0.2) is 13.1 Å². The van der Waals surface area contributed by atoms with E-state index in [1.807, 2.05) is 11.4 Å². The molecule has 2 aromatic rings. The molecule has 0 saturated carbocycles. The van der Waals surface area contributed by atoms with Crippen molar-refractivity contribution in [2.75, 3.05) is 5.73 Å². The molecule has 2 aromatic heterocycles. The van der Waals surface area contributed by atoms with Gasteiger partial charge in [-0.1, -0.05) is 0 Å². The summed E-state index contributed by atoms with van der Waals surface area (Å²) in [6.45, 7) is 0.229. The van der Waals surface area contributed by atoms with E-state index in [-0.39, 0.29) is 17.1 Å². The first kappa shape index (κ1) is 13.5. The molecule has 0 spiro atoms. The van der Waals surface area contributed by atoms with Crippen LogP contribution in [0.3, 0.4) is 0 Å². The summed E-state index contributed by atoms with van der Waals surface area (Å²) in [6, 6.07) is 3.32. The standard InChI is InChI=1S/C10H10BrN3O2S2/c11-7-3-8(17-6-7)4-14-18(15,16)10-5-13-2-1-9(10)12/h1-3,5-6,14H,4H2,(H2,12,13). The van der Waals surface area contributed by atoms with Gasteiger partial charge < -0.3 is 5.73 Å². The molecule has 0 aliphatic carbocycles. The van der Waals surface area contributed by atoms with Crippen molar-refractivity contribution in [2.24, 2.45) is 0 Å². The summed E-state index contributed by atoms with van der Waals surface area (Å²) >= 11 is 4.78. The van der Waals surface area contributed by atoms with Crippen LogP contribution in [0.2, 0.25) is 0 Å². The van der Waals surface area contributed by atoms with Gasteiger partial charge in [0.1, 0.15) is 4.90 Å². The summed E-state index contributed by atoms with van der Waals surface area (Å²) in [6.07, 6.45) is 2.69. The minimum absolute atomic E-state index is 0.000576. The maximum absolute atomic E-state index is 12.0. The van der Waals surface area contributed by atoms with Gasteiger partial charge in [0.15, 0.2) is 0 Å². The number of nitrogens with zero attached hydrogens (tertiary/aromatic N) is 1. The molecule has 0 atom stereocenters. The molecule has 2 heterocycles. The Hall–Kier alpha value is -0.960. The summed E-state index contributed by atoms with van der Waals surface area (Å²) in [5.41, 5.74) is 5.80. The molecule has 0 saturated heterocycles. The first-order valence-corrected chi connectivity index (χ1v) is 8.07. The number of anilines is 1. The van der Waals surface area contributed by atoms with Crippen molar-refractivity contribution in [3.63, 3.8) is 0 Å². The van der Waals surface area contributed by atoms with Gasteiger partial charge in [0, 0.05) is 33.7 Å². The molecule has 2 rings (SSSR count). The second-order valence-corrected chi connectivity index (χ2v) is 7.12. The average molecular weight is 348 g/mol. The lowest BCUT2D eigenvalue weighted by atomic mass is 10.4. The normalized spacial score (nSPS) is 11.6. The predicted octanol–water partition coefficient (Wildman–Crippen LogP) is 1.97. The smallest absolute Gasteiger partial charge is 0.244 e. The molecule has 0 aromatic carbocycles. The number of hydrogen-bond donors (Lipinski definition) is 2. The molecule has 0 amide bonds. The second-order valence-electron chi connectivity index (χ2n) is 3.47. The molecular formula is C10H10BrN3O2S2. The molecule has 0 radical (unpaired) electrons. The number of rotatable bonds is 4. The van der Waals surface area contributed by atoms with E-state index in [0.29, 0.717) is 0 Å². The highest BCUT2D eigenvalue weighted by Crippen LogP contribution is 2.21. The predicted molar refractivity (Wildman–Crippen MR) is 74.7 cm³/mol. The second kappa shape index (κ2) is 5.35. The minimum atomic E-state index is -3.63. The zero-order valence-corrected chi connectivity index (χ0v) is 12.3. The average Bonchev–Trinajstić information content (AvgIpc) is 2.73. The molecule has 18 heavy (non-hydrogen) atoms. The van der Waals surface area contributed by atoms with Gasteiger partial charge in [0.2, 0.25) is 10.0 Å². The number of aromatic nitrogens is 1. The number of thiophene rings is 1. The van der Waals surface area contributed by atoms with E-state index in [9.17, 15) is 8.42 Å². The van der Waals surface area contributed by atoms with Crippen LogP contribution >= 0.6 is 27.3 Å². The Balaban J connectivity index is 2.16. The number of hydrogen-bond acceptors (Lipinski definition) is 5. The first-order valence-electron chi connectivity index (χ1n) is 4.91. The fourth-order valence-corrected chi connectivity index (χ4v) is 3.87. The third kappa shape index (κ3) is 3.08. The molecule has 0 bridgehead atoms. The molecule has 5 nitrogen and oxygen atoms in total. The van der Waals surface area contributed by atoms with Gasteiger partial charge in [-0.15, -0.1) is 11.3 Å². The quantitative estimate of drug-likeness (QED) is 0.885. The Morgan fingerprint density at radius 3 is 2.89 bits per heavy atom. The van der Waals surface area contributed by atoms with Crippen molar-refractivity contribution in [1.82, 2.24) is 9.71 Å². The molecule has 0 aliphatic rings. The van der Waals surface area contributed by atoms with Gasteiger partial charge in [-0.2, -0.15) is 0 Å². The highest BCUT2D eigenvalue weighted by atomic mass is 79.9. The SMILES string of the molecule is Nc1ccncc1S(=O)(=O)NCc1cc(Br)cs1. The van der Waals surface area contributed by atoms with Crippen LogP contribution in [0, 0.1) is 0 Å². The van der Waals surface area contributed by atoms with Gasteiger partial charge in [0.25, 0.3) is 0 Å². The first-order chi connectivity index (χ1) is 8.49. The lowest BCUT2D eigenvalue weighted by Crippen LogP contribution is -2.23. The molecule has 8 heteroatoms. The van der Waals surface area contributed by atoms with E-state index >= 15 is 0 Å². The lowest BCUT2D eigenvalue weighted by molar-refractivity contribution is 0.582. The molecule has 0 fully saturated rings. The fourth-order valence-electron chi connectivity index (χ4n) is 1.31. The summed E-state index contributed by atoms with van der Waals surface area (Å²) in [4.78, 5) is 4.68. The number of halogens is 1. The van der Waals surface area contributed by atoms with Crippen molar-refractivity contribution in [1.29, 1.82) is 0 Å². The highest BCUT2D eigenvalue weighted by molar-refractivity contribution is 9.10. The van der Waals surface area contributed by atoms with Crippen LogP contribution in [0.4, 0.5) is 5.69 Å². The molecule has 96 valence electrons. The van der Waals surface area contributed by atoms with Crippen LogP contribution in [0.5, 0.6) is 0 Å². The van der Waals surface area contributed by atoms with Crippen LogP contribution in [0.15, 0.2) is 39.3 Å². The molecule has 0 unspecified atom stereocenters. The van der Waals surface area contributed by atoms with Gasteiger partial charge >= 0.3 is 0 Å². The Bertz CT molecular complexity index is 655. The topological polar surface area (TPSA) is 85.1 Å². The highest BCUT2D eigenvalue weighted by Gasteiger charge is 2.17. The van der Waals surface area contributed by atoms with Crippen LogP contribution in [-0.2, 0) is 16.6 Å². The van der Waals surface area contributed by atoms with Crippen molar-refractivity contribution in [3.05, 3.63) is 39.3 Å². The summed E-state index contributed by atoms with van der Waals surface area (Å²) in [5, 5.41) is 1.89. The van der Waals surface area contributed by atoms with Crippen molar-refractivity contribution in [2.45, 2.75) is 11.4 Å². The maximum atomic E-state index is 12.0. The summed E-state index contributed by atoms with van der Waals surface area (Å²) in [5.74, 6) is 0. The number of nitrogens with two attached hydrogens (primary N) is 1. The number of nitrogens with one attached hydrogen (secondary N) is 1. The zero-order valence-electron chi connectivity index (χ0n) is 9.13. The Morgan fingerprint density at radius 1 is 1.50 bits per heavy atom. The minimum Gasteiger partial charge on any atom is -0.398 e. The van der Waals surface area contributed by atoms with Gasteiger partial charge in [0.05, 0.1) is 5.69 Å². The maximum Gasteiger partial charge on any atom is 0.244 e. The largest absolute Gasteiger partial charge is 0.398 e. The van der Waals surface area contributed by atoms with Crippen molar-refractivity contribution >= 4 is 43.0 Å². The summed E-state index contributed by atoms with van der Waals surface area (Å²) in [7, 11) is -3.63. The molecule has 0 aliphatic heterocycles. The van der Waals surface area contributed by atoms with E-state index in [2.05, 4.69) is 25.6 Å². The monoisotopic (exact) mass is 347 g/mol. The molecular weight excluding hydrogens is 338 g/mol. The van der Waals surface area contributed by atoms with Gasteiger partial charge in [-0.05, 0) is 28.1 Å². The van der Waals surface area contributed by atoms with E-state index in [4.69, 9.17) is 5.73 Å². The third-order valence-corrected chi connectivity index (χ3v) is 5.31. The number of pyridine rings is 1. The fraction of sp³-hybridized carbons (Fsp3) is 0.100. The van der Waals surface area contributed by atoms with E-state index < -0.39 is 10.0 Å². The lowest BCUT2D eigenvalue weighted by Gasteiger charge is -2.07. The van der Waals surface area contributed by atoms with Crippen LogP contribution in [-0.4, -0.2) is 13.4 Å². The van der Waals surface area contributed by atoms with Crippen molar-refractivity contribution in [3.8, 4) is 0 Å². The third-order valence-electron chi connectivity index (χ3n) is 2.16. The van der Waals surface area contributed by atoms with Crippen molar-refractivity contribution < 1.29 is 8.42 Å². The Morgan fingerprint density at radius 2 is 2.28 bits per heavy atom. The van der Waals surface area contributed by atoms with Gasteiger partial charge in [-0.3, -0.25) is 4.98 Å². The summed E-state index contributed by atoms with van der Waals surface area (Å²) < 4.78 is 27.4.